The number of hydrogen-bond acceptors (Lipinski definition) is 3. The van der Waals surface area contributed by atoms with Crippen molar-refractivity contribution in [2.45, 2.75) is 63.5 Å². The van der Waals surface area contributed by atoms with Crippen molar-refractivity contribution in [1.29, 1.82) is 0 Å². The molecular weight excluding hydrogens is 472 g/mol. The zero-order chi connectivity index (χ0) is 25.8. The van der Waals surface area contributed by atoms with E-state index in [4.69, 9.17) is 4.74 Å². The van der Waals surface area contributed by atoms with Crippen LogP contribution in [0.15, 0.2) is 42.5 Å². The Morgan fingerprint density at radius 3 is 2.43 bits per heavy atom. The van der Waals surface area contributed by atoms with E-state index in [0.717, 1.165) is 63.9 Å². The van der Waals surface area contributed by atoms with Gasteiger partial charge in [-0.1, -0.05) is 43.5 Å². The summed E-state index contributed by atoms with van der Waals surface area (Å²) in [6.45, 7) is 7.29. The molecule has 3 aliphatic rings. The van der Waals surface area contributed by atoms with Crippen LogP contribution in [0.1, 0.15) is 63.5 Å². The maximum Gasteiger partial charge on any atom is 0.318 e. The molecule has 0 radical (unpaired) electrons. The number of carbonyl (C=O) groups excluding carboxylic acids is 1. The number of morpholine rings is 1. The molecule has 0 spiro atoms. The van der Waals surface area contributed by atoms with E-state index in [1.54, 1.807) is 0 Å². The van der Waals surface area contributed by atoms with Gasteiger partial charge in [0.15, 0.2) is 0 Å². The van der Waals surface area contributed by atoms with Crippen LogP contribution in [-0.4, -0.2) is 60.8 Å². The van der Waals surface area contributed by atoms with Crippen molar-refractivity contribution in [3.8, 4) is 11.1 Å². The average molecular weight is 512 g/mol. The zero-order valence-electron chi connectivity index (χ0n) is 21.9. The Labute approximate surface area is 219 Å². The second-order valence-corrected chi connectivity index (χ2v) is 11.0. The maximum atomic E-state index is 14.2. The van der Waals surface area contributed by atoms with E-state index in [1.807, 2.05) is 29.2 Å². The molecular formula is C30H39F2N3O2. The van der Waals surface area contributed by atoms with E-state index in [2.05, 4.69) is 17.1 Å². The first-order valence-corrected chi connectivity index (χ1v) is 13.9. The first-order valence-electron chi connectivity index (χ1n) is 13.9. The average Bonchev–Trinajstić information content (AvgIpc) is 2.93. The topological polar surface area (TPSA) is 44.8 Å². The van der Waals surface area contributed by atoms with E-state index < -0.39 is 11.6 Å². The van der Waals surface area contributed by atoms with E-state index in [1.165, 1.54) is 44.2 Å². The molecule has 1 N–H and O–H groups in total. The van der Waals surface area contributed by atoms with Crippen LogP contribution in [-0.2, 0) is 4.74 Å². The Morgan fingerprint density at radius 1 is 1.03 bits per heavy atom. The number of carbonyl (C=O) groups is 1. The summed E-state index contributed by atoms with van der Waals surface area (Å²) in [6, 6.07) is 11.1. The standard InChI is InChI=1S/C30H39F2N3O2/c1-22(23-7-9-24(10-8-23)27-12-11-26(31)21-28(27)32)35-16-14-30(33-29(35)36,25-5-3-2-4-6-25)13-15-34-17-19-37-20-18-34/h7-12,21-22,25H,2-6,13-20H2,1H3,(H,33,36). The fourth-order valence-electron chi connectivity index (χ4n) is 6.52. The van der Waals surface area contributed by atoms with Gasteiger partial charge >= 0.3 is 6.03 Å². The first-order chi connectivity index (χ1) is 17.9. The highest BCUT2D eigenvalue weighted by Gasteiger charge is 2.45. The molecule has 37 heavy (non-hydrogen) atoms. The third-order valence-electron chi connectivity index (χ3n) is 8.88. The monoisotopic (exact) mass is 511 g/mol. The van der Waals surface area contributed by atoms with Crippen LogP contribution in [0.5, 0.6) is 0 Å². The molecule has 5 nitrogen and oxygen atoms in total. The second kappa shape index (κ2) is 11.5. The Kier molecular flexibility index (Phi) is 8.10. The van der Waals surface area contributed by atoms with E-state index >= 15 is 0 Å². The Morgan fingerprint density at radius 2 is 1.76 bits per heavy atom. The number of rotatable bonds is 7. The number of halogens is 2. The van der Waals surface area contributed by atoms with Gasteiger partial charge in [0.05, 0.1) is 19.3 Å². The number of urea groups is 1. The number of nitrogens with zero attached hydrogens (tertiary/aromatic N) is 2. The molecule has 2 heterocycles. The van der Waals surface area contributed by atoms with Crippen LogP contribution in [0.25, 0.3) is 11.1 Å². The molecule has 2 atom stereocenters. The van der Waals surface area contributed by atoms with Crippen molar-refractivity contribution in [3.63, 3.8) is 0 Å². The molecule has 200 valence electrons. The predicted molar refractivity (Wildman–Crippen MR) is 141 cm³/mol. The smallest absolute Gasteiger partial charge is 0.318 e. The lowest BCUT2D eigenvalue weighted by atomic mass is 9.70. The Hall–Kier alpha value is -2.51. The van der Waals surface area contributed by atoms with Crippen LogP contribution in [0, 0.1) is 17.6 Å². The van der Waals surface area contributed by atoms with Gasteiger partial charge in [0.1, 0.15) is 11.6 Å². The summed E-state index contributed by atoms with van der Waals surface area (Å²) in [5.41, 5.74) is 1.92. The first kappa shape index (κ1) is 26.1. The highest BCUT2D eigenvalue weighted by molar-refractivity contribution is 5.77. The molecule has 1 saturated carbocycles. The number of nitrogens with one attached hydrogen (secondary N) is 1. The minimum absolute atomic E-state index is 0.0138. The van der Waals surface area contributed by atoms with E-state index in [9.17, 15) is 13.6 Å². The fourth-order valence-corrected chi connectivity index (χ4v) is 6.52. The van der Waals surface area contributed by atoms with Gasteiger partial charge in [-0.3, -0.25) is 4.90 Å². The van der Waals surface area contributed by atoms with Crippen molar-refractivity contribution >= 4 is 6.03 Å². The molecule has 2 aliphatic heterocycles. The summed E-state index contributed by atoms with van der Waals surface area (Å²) in [6.07, 6.45) is 8.13. The summed E-state index contributed by atoms with van der Waals surface area (Å²) in [5, 5.41) is 3.53. The zero-order valence-corrected chi connectivity index (χ0v) is 21.9. The van der Waals surface area contributed by atoms with Gasteiger partial charge in [0.25, 0.3) is 0 Å². The molecule has 2 amide bonds. The number of hydrogen-bond donors (Lipinski definition) is 1. The van der Waals surface area contributed by atoms with Crippen LogP contribution in [0.4, 0.5) is 13.6 Å². The van der Waals surface area contributed by atoms with Crippen LogP contribution >= 0.6 is 0 Å². The Balaban J connectivity index is 1.28. The summed E-state index contributed by atoms with van der Waals surface area (Å²) >= 11 is 0. The van der Waals surface area contributed by atoms with Gasteiger partial charge in [-0.2, -0.15) is 0 Å². The Bertz CT molecular complexity index is 1070. The minimum atomic E-state index is -0.586. The van der Waals surface area contributed by atoms with E-state index in [0.29, 0.717) is 17.0 Å². The highest BCUT2D eigenvalue weighted by Crippen LogP contribution is 2.40. The molecule has 3 fully saturated rings. The molecule has 2 saturated heterocycles. The van der Waals surface area contributed by atoms with Crippen molar-refractivity contribution < 1.29 is 18.3 Å². The van der Waals surface area contributed by atoms with Crippen LogP contribution in [0.3, 0.4) is 0 Å². The largest absolute Gasteiger partial charge is 0.379 e. The third kappa shape index (κ3) is 5.83. The normalized spacial score (nSPS) is 24.6. The van der Waals surface area contributed by atoms with Crippen molar-refractivity contribution in [2.75, 3.05) is 39.4 Å². The molecule has 5 rings (SSSR count). The second-order valence-electron chi connectivity index (χ2n) is 11.0. The van der Waals surface area contributed by atoms with Crippen LogP contribution < -0.4 is 5.32 Å². The molecule has 7 heteroatoms. The molecule has 1 aliphatic carbocycles. The minimum Gasteiger partial charge on any atom is -0.379 e. The molecule has 0 aromatic heterocycles. The quantitative estimate of drug-likeness (QED) is 0.485. The number of amides is 2. The highest BCUT2D eigenvalue weighted by atomic mass is 19.1. The SMILES string of the molecule is CC(c1ccc(-c2ccc(F)cc2F)cc1)N1CCC(CCN2CCOCC2)(C2CCCCC2)NC1=O. The lowest BCUT2D eigenvalue weighted by Gasteiger charge is -2.50. The molecule has 2 aromatic rings. The van der Waals surface area contributed by atoms with Gasteiger partial charge in [0.2, 0.25) is 0 Å². The third-order valence-corrected chi connectivity index (χ3v) is 8.88. The van der Waals surface area contributed by atoms with Crippen molar-refractivity contribution in [3.05, 3.63) is 59.7 Å². The fraction of sp³-hybridized carbons (Fsp3) is 0.567. The van der Waals surface area contributed by atoms with Crippen molar-refractivity contribution in [2.24, 2.45) is 5.92 Å². The summed E-state index contributed by atoms with van der Waals surface area (Å²) in [4.78, 5) is 18.0. The summed E-state index contributed by atoms with van der Waals surface area (Å²) in [7, 11) is 0. The molecule has 2 unspecified atom stereocenters. The lowest BCUT2D eigenvalue weighted by Crippen LogP contribution is -2.64. The predicted octanol–water partition coefficient (Wildman–Crippen LogP) is 6.15. The summed E-state index contributed by atoms with van der Waals surface area (Å²) < 4.78 is 33.1. The number of benzene rings is 2. The van der Waals surface area contributed by atoms with E-state index in [-0.39, 0.29) is 17.6 Å². The van der Waals surface area contributed by atoms with Crippen LogP contribution in [0.2, 0.25) is 0 Å². The van der Waals surface area contributed by atoms with Gasteiger partial charge < -0.3 is 15.0 Å². The maximum absolute atomic E-state index is 14.2. The summed E-state index contributed by atoms with van der Waals surface area (Å²) in [5.74, 6) is -0.627. The lowest BCUT2D eigenvalue weighted by molar-refractivity contribution is 0.0227. The van der Waals surface area contributed by atoms with Gasteiger partial charge in [-0.05, 0) is 61.8 Å². The van der Waals surface area contributed by atoms with Gasteiger partial charge in [0, 0.05) is 43.3 Å². The molecule has 2 aromatic carbocycles. The van der Waals surface area contributed by atoms with Gasteiger partial charge in [-0.15, -0.1) is 0 Å². The van der Waals surface area contributed by atoms with Gasteiger partial charge in [-0.25, -0.2) is 13.6 Å². The van der Waals surface area contributed by atoms with Crippen molar-refractivity contribution in [1.82, 2.24) is 15.1 Å². The number of ether oxygens (including phenoxy) is 1. The molecule has 0 bridgehead atoms.